The van der Waals surface area contributed by atoms with Gasteiger partial charge >= 0.3 is 0 Å². The Bertz CT molecular complexity index is 1310. The Morgan fingerprint density at radius 2 is 2.00 bits per heavy atom. The monoisotopic (exact) mass is 447 g/mol. The molecule has 0 aliphatic heterocycles. The number of rotatable bonds is 6. The maximum Gasteiger partial charge on any atom is 0.252 e. The third-order valence-corrected chi connectivity index (χ3v) is 5.40. The Balaban J connectivity index is 1.49. The van der Waals surface area contributed by atoms with Crippen LogP contribution in [-0.4, -0.2) is 36.1 Å². The number of hydrogen-bond donors (Lipinski definition) is 3. The number of aromatic amines is 1. The molecular weight excluding hydrogens is 426 g/mol. The molecule has 10 nitrogen and oxygen atoms in total. The van der Waals surface area contributed by atoms with Crippen molar-refractivity contribution in [3.8, 4) is 5.69 Å². The maximum absolute atomic E-state index is 12.1. The average molecular weight is 448 g/mol. The zero-order valence-corrected chi connectivity index (χ0v) is 18.3. The number of nitrogens with one attached hydrogen (secondary N) is 2. The van der Waals surface area contributed by atoms with E-state index in [9.17, 15) is 4.79 Å². The van der Waals surface area contributed by atoms with Gasteiger partial charge in [-0.25, -0.2) is 4.98 Å². The highest BCUT2D eigenvalue weighted by Crippen LogP contribution is 2.22. The van der Waals surface area contributed by atoms with Gasteiger partial charge in [0.2, 0.25) is 17.1 Å². The number of guanidine groups is 1. The molecule has 0 fully saturated rings. The van der Waals surface area contributed by atoms with Gasteiger partial charge in [-0.3, -0.25) is 9.78 Å². The summed E-state index contributed by atoms with van der Waals surface area (Å²) in [6.45, 7) is 3.99. The van der Waals surface area contributed by atoms with Crippen molar-refractivity contribution >= 4 is 29.4 Å². The van der Waals surface area contributed by atoms with E-state index in [0.29, 0.717) is 16.6 Å². The molecule has 32 heavy (non-hydrogen) atoms. The van der Waals surface area contributed by atoms with Gasteiger partial charge in [0.05, 0.1) is 11.4 Å². The zero-order valence-electron chi connectivity index (χ0n) is 17.5. The Morgan fingerprint density at radius 1 is 1.19 bits per heavy atom. The van der Waals surface area contributed by atoms with Gasteiger partial charge in [-0.05, 0) is 48.0 Å². The van der Waals surface area contributed by atoms with Crippen molar-refractivity contribution in [3.63, 3.8) is 0 Å². The van der Waals surface area contributed by atoms with Crippen LogP contribution in [0.1, 0.15) is 16.8 Å². The molecule has 0 bridgehead atoms. The third kappa shape index (κ3) is 5.19. The minimum absolute atomic E-state index is 0.116. The topological polar surface area (TPSA) is 140 Å². The summed E-state index contributed by atoms with van der Waals surface area (Å²) in [6, 6.07) is 16.9. The molecular formula is C21H21N9OS. The first-order valence-electron chi connectivity index (χ1n) is 9.73. The standard InChI is InChI=1S/C21H21N9OS/c1-13-8-9-17(14(2)10-13)24-19(22)26-20-23-15(11-18(31)25-20)12-32-21-27-28-29-30(21)16-6-4-3-5-7-16/h3-11H,12H2,1-2H3,(H4,22,23,24,25,26,31). The van der Waals surface area contributed by atoms with Crippen LogP contribution in [0, 0.1) is 13.8 Å². The van der Waals surface area contributed by atoms with Crippen LogP contribution in [0.4, 0.5) is 11.6 Å². The lowest BCUT2D eigenvalue weighted by molar-refractivity contribution is 0.756. The lowest BCUT2D eigenvalue weighted by Crippen LogP contribution is -2.23. The van der Waals surface area contributed by atoms with E-state index < -0.39 is 0 Å². The second-order valence-electron chi connectivity index (χ2n) is 7.00. The molecule has 0 aliphatic carbocycles. The first kappa shape index (κ1) is 21.2. The number of aliphatic imine (C=N–C) groups is 1. The number of nitrogens with two attached hydrogens (primary N) is 1. The van der Waals surface area contributed by atoms with E-state index in [1.807, 2.05) is 62.4 Å². The van der Waals surface area contributed by atoms with Crippen LogP contribution in [0.5, 0.6) is 0 Å². The summed E-state index contributed by atoms with van der Waals surface area (Å²) in [5.41, 5.74) is 10.1. The Kier molecular flexibility index (Phi) is 6.26. The molecule has 2 heterocycles. The summed E-state index contributed by atoms with van der Waals surface area (Å²) in [5.74, 6) is 0.618. The quantitative estimate of drug-likeness (QED) is 0.233. The molecule has 11 heteroatoms. The number of benzene rings is 2. The van der Waals surface area contributed by atoms with E-state index >= 15 is 0 Å². The van der Waals surface area contributed by atoms with Crippen LogP contribution in [0.25, 0.3) is 5.69 Å². The van der Waals surface area contributed by atoms with Crippen LogP contribution in [-0.2, 0) is 5.75 Å². The number of tetrazole rings is 1. The van der Waals surface area contributed by atoms with Gasteiger partial charge in [0.25, 0.3) is 5.56 Å². The van der Waals surface area contributed by atoms with Crippen LogP contribution in [0.2, 0.25) is 0 Å². The van der Waals surface area contributed by atoms with Crippen LogP contribution in [0.15, 0.2) is 69.5 Å². The van der Waals surface area contributed by atoms with Crippen molar-refractivity contribution in [1.29, 1.82) is 0 Å². The number of aryl methyl sites for hydroxylation is 2. The van der Waals surface area contributed by atoms with Crippen molar-refractivity contribution in [2.75, 3.05) is 5.32 Å². The van der Waals surface area contributed by atoms with Gasteiger partial charge in [-0.15, -0.1) is 5.10 Å². The molecule has 0 aliphatic rings. The number of H-pyrrole nitrogens is 1. The molecule has 4 rings (SSSR count). The average Bonchev–Trinajstić information content (AvgIpc) is 3.23. The van der Waals surface area contributed by atoms with E-state index in [1.54, 1.807) is 4.68 Å². The van der Waals surface area contributed by atoms with E-state index in [1.165, 1.54) is 17.8 Å². The fourth-order valence-corrected chi connectivity index (χ4v) is 3.78. The molecule has 0 unspecified atom stereocenters. The first-order valence-corrected chi connectivity index (χ1v) is 10.7. The first-order chi connectivity index (χ1) is 15.5. The Morgan fingerprint density at radius 3 is 2.78 bits per heavy atom. The summed E-state index contributed by atoms with van der Waals surface area (Å²) in [7, 11) is 0. The second-order valence-corrected chi connectivity index (χ2v) is 7.94. The van der Waals surface area contributed by atoms with Crippen LogP contribution >= 0.6 is 11.8 Å². The van der Waals surface area contributed by atoms with Gasteiger partial charge in [-0.1, -0.05) is 47.7 Å². The van der Waals surface area contributed by atoms with Gasteiger partial charge in [-0.2, -0.15) is 9.67 Å². The summed E-state index contributed by atoms with van der Waals surface area (Å²) < 4.78 is 1.63. The molecule has 0 saturated heterocycles. The lowest BCUT2D eigenvalue weighted by Gasteiger charge is -2.09. The molecule has 0 spiro atoms. The summed E-state index contributed by atoms with van der Waals surface area (Å²) >= 11 is 1.36. The highest BCUT2D eigenvalue weighted by molar-refractivity contribution is 7.98. The molecule has 0 atom stereocenters. The minimum atomic E-state index is -0.323. The Hall–Kier alpha value is -3.99. The fourth-order valence-electron chi connectivity index (χ4n) is 2.99. The van der Waals surface area contributed by atoms with E-state index in [2.05, 4.69) is 35.8 Å². The number of nitrogens with zero attached hydrogens (tertiary/aromatic N) is 6. The van der Waals surface area contributed by atoms with Gasteiger partial charge in [0.1, 0.15) is 0 Å². The van der Waals surface area contributed by atoms with Crippen LogP contribution in [0.3, 0.4) is 0 Å². The predicted molar refractivity (Wildman–Crippen MR) is 124 cm³/mol. The number of aromatic nitrogens is 6. The fraction of sp³-hybridized carbons (Fsp3) is 0.143. The van der Waals surface area contributed by atoms with Crippen molar-refractivity contribution in [2.45, 2.75) is 24.8 Å². The van der Waals surface area contributed by atoms with E-state index in [-0.39, 0.29) is 17.5 Å². The minimum Gasteiger partial charge on any atom is -0.369 e. The number of anilines is 1. The highest BCUT2D eigenvalue weighted by atomic mass is 32.2. The Labute approximate surface area is 188 Å². The van der Waals surface area contributed by atoms with Crippen molar-refractivity contribution < 1.29 is 0 Å². The summed E-state index contributed by atoms with van der Waals surface area (Å²) in [4.78, 5) is 23.3. The molecule has 2 aromatic carbocycles. The molecule has 0 radical (unpaired) electrons. The largest absolute Gasteiger partial charge is 0.369 e. The van der Waals surface area contributed by atoms with Gasteiger partial charge in [0.15, 0.2) is 0 Å². The highest BCUT2D eigenvalue weighted by Gasteiger charge is 2.11. The summed E-state index contributed by atoms with van der Waals surface area (Å²) in [5, 5.41) is 15.4. The predicted octanol–water partition coefficient (Wildman–Crippen LogP) is 2.71. The van der Waals surface area contributed by atoms with Crippen molar-refractivity contribution in [2.24, 2.45) is 10.7 Å². The molecule has 2 aromatic heterocycles. The van der Waals surface area contributed by atoms with Crippen molar-refractivity contribution in [1.82, 2.24) is 30.2 Å². The third-order valence-electron chi connectivity index (χ3n) is 4.44. The summed E-state index contributed by atoms with van der Waals surface area (Å²) in [6.07, 6.45) is 0. The smallest absolute Gasteiger partial charge is 0.252 e. The number of hydrogen-bond acceptors (Lipinski definition) is 7. The van der Waals surface area contributed by atoms with Crippen LogP contribution < -0.4 is 16.6 Å². The lowest BCUT2D eigenvalue weighted by atomic mass is 10.1. The van der Waals surface area contributed by atoms with E-state index in [0.717, 1.165) is 22.5 Å². The van der Waals surface area contributed by atoms with Gasteiger partial charge in [0, 0.05) is 17.5 Å². The molecule has 162 valence electrons. The SMILES string of the molecule is Cc1ccc(N/C(N)=N/c2nc(CSc3nnnn3-c3ccccc3)cc(=O)[nH]2)c(C)c1. The molecule has 0 amide bonds. The molecule has 0 saturated carbocycles. The maximum atomic E-state index is 12.1. The molecule has 4 N–H and O–H groups in total. The second kappa shape index (κ2) is 9.43. The normalized spacial score (nSPS) is 11.5. The number of para-hydroxylation sites is 1. The number of thioether (sulfide) groups is 1. The van der Waals surface area contributed by atoms with Gasteiger partial charge < -0.3 is 11.1 Å². The van der Waals surface area contributed by atoms with Crippen molar-refractivity contribution in [3.05, 3.63) is 81.8 Å². The zero-order chi connectivity index (χ0) is 22.5. The van der Waals surface area contributed by atoms with E-state index in [4.69, 9.17) is 5.73 Å². The molecule has 4 aromatic rings.